The number of ketones is 2. The zero-order chi connectivity index (χ0) is 51.0. The molecule has 1 aliphatic rings. The fourth-order valence-corrected chi connectivity index (χ4v) is 13.3. The quantitative estimate of drug-likeness (QED) is 0.0311. The summed E-state index contributed by atoms with van der Waals surface area (Å²) >= 11 is 0. The van der Waals surface area contributed by atoms with Gasteiger partial charge in [0, 0.05) is 48.7 Å². The van der Waals surface area contributed by atoms with Gasteiger partial charge in [0.05, 0.1) is 37.6 Å². The highest BCUT2D eigenvalue weighted by molar-refractivity contribution is 7.56. The number of amides is 2. The van der Waals surface area contributed by atoms with Crippen molar-refractivity contribution < 1.29 is 46.4 Å². The van der Waals surface area contributed by atoms with E-state index in [2.05, 4.69) is 35.1 Å². The van der Waals surface area contributed by atoms with Crippen LogP contribution in [-0.2, 0) is 36.8 Å². The van der Waals surface area contributed by atoms with Crippen LogP contribution in [0, 0.1) is 0 Å². The third kappa shape index (κ3) is 19.9. The topological polar surface area (TPSA) is 187 Å². The van der Waals surface area contributed by atoms with E-state index in [1.165, 1.54) is 77.0 Å². The summed E-state index contributed by atoms with van der Waals surface area (Å²) in [6.07, 6.45) is 23.4. The molecular weight excluding hydrogens is 927 g/mol. The molecule has 2 amide bonds. The molecule has 0 aromatic heterocycles. The van der Waals surface area contributed by atoms with Gasteiger partial charge in [-0.25, -0.2) is 0 Å². The number of fused-ring (bicyclic) bond motifs is 2. The van der Waals surface area contributed by atoms with Crippen LogP contribution >= 0.6 is 15.2 Å². The number of rotatable bonds is 42. The summed E-state index contributed by atoms with van der Waals surface area (Å²) in [6.45, 7) is 12.6. The summed E-state index contributed by atoms with van der Waals surface area (Å²) in [7, 11) is -7.51. The largest absolute Gasteiger partial charge is 0.383 e. The van der Waals surface area contributed by atoms with E-state index < -0.39 is 38.3 Å². The Bertz CT molecular complexity index is 1810. The lowest BCUT2D eigenvalue weighted by atomic mass is 9.82. The molecule has 16 heteroatoms. The van der Waals surface area contributed by atoms with Crippen LogP contribution in [0.5, 0.6) is 0 Å². The number of carbonyl (C=O) groups is 4. The molecule has 0 fully saturated rings. The first kappa shape index (κ1) is 60.9. The average Bonchev–Trinajstić information content (AvgIpc) is 3.34. The third-order valence-electron chi connectivity index (χ3n) is 12.8. The molecule has 70 heavy (non-hydrogen) atoms. The van der Waals surface area contributed by atoms with Crippen molar-refractivity contribution >= 4 is 49.9 Å². The van der Waals surface area contributed by atoms with E-state index in [0.29, 0.717) is 35.3 Å². The molecule has 0 saturated heterocycles. The predicted molar refractivity (Wildman–Crippen MR) is 285 cm³/mol. The minimum atomic E-state index is -3.75. The van der Waals surface area contributed by atoms with Gasteiger partial charge in [0.15, 0.2) is 11.6 Å². The van der Waals surface area contributed by atoms with Gasteiger partial charge in [0.25, 0.3) is 0 Å². The Morgan fingerprint density at radius 1 is 0.443 bits per heavy atom. The minimum Gasteiger partial charge on any atom is -0.383 e. The minimum absolute atomic E-state index is 0.137. The van der Waals surface area contributed by atoms with Crippen LogP contribution in [-0.4, -0.2) is 87.3 Å². The van der Waals surface area contributed by atoms with Crippen molar-refractivity contribution in [3.8, 4) is 0 Å². The Kier molecular flexibility index (Phi) is 30.4. The van der Waals surface area contributed by atoms with Crippen molar-refractivity contribution in [2.75, 3.05) is 63.2 Å². The average molecular weight is 1020 g/mol. The predicted octanol–water partition coefficient (Wildman–Crippen LogP) is 13.4. The van der Waals surface area contributed by atoms with E-state index in [0.717, 1.165) is 51.4 Å². The Labute approximate surface area is 421 Å². The standard InChI is InChI=1S/C54H90N4O10P2/c1-7-13-15-17-19-21-23-25-27-29-35-47(69(63,65-9-3)66-10-4)53(61)57-41-39-55-45-37-38-46(50-49(45)51(59)43-33-31-32-34-44(43)52(50)60)56-40-42-58-54(62)48(70(64,67-11-5)68-12-6)36-30-28-26-24-22-20-18-16-14-8-2/h31-34,37-38,47-48,55-56H,7-30,35-36,39-42H2,1-6H3,(H,57,61)(H,58,62). The van der Waals surface area contributed by atoms with Crippen LogP contribution in [0.1, 0.15) is 215 Å². The molecule has 4 N–H and O–H groups in total. The van der Waals surface area contributed by atoms with Gasteiger partial charge in [-0.15, -0.1) is 0 Å². The number of nitrogens with one attached hydrogen (secondary N) is 4. The van der Waals surface area contributed by atoms with Crippen molar-refractivity contribution in [2.45, 2.75) is 194 Å². The van der Waals surface area contributed by atoms with E-state index in [-0.39, 0.29) is 75.3 Å². The highest BCUT2D eigenvalue weighted by atomic mass is 31.2. The second kappa shape index (κ2) is 34.9. The van der Waals surface area contributed by atoms with Gasteiger partial charge in [-0.05, 0) is 52.7 Å². The number of benzene rings is 2. The van der Waals surface area contributed by atoms with E-state index in [4.69, 9.17) is 18.1 Å². The molecule has 1 aliphatic carbocycles. The van der Waals surface area contributed by atoms with Crippen LogP contribution < -0.4 is 21.3 Å². The number of hydrogen-bond acceptors (Lipinski definition) is 12. The lowest BCUT2D eigenvalue weighted by molar-refractivity contribution is -0.122. The van der Waals surface area contributed by atoms with Crippen molar-refractivity contribution in [2.24, 2.45) is 0 Å². The first-order valence-electron chi connectivity index (χ1n) is 27.1. The van der Waals surface area contributed by atoms with Gasteiger partial charge >= 0.3 is 15.2 Å². The van der Waals surface area contributed by atoms with E-state index in [1.54, 1.807) is 64.1 Å². The van der Waals surface area contributed by atoms with Gasteiger partial charge in [0.1, 0.15) is 11.3 Å². The molecule has 2 aromatic carbocycles. The van der Waals surface area contributed by atoms with Gasteiger partial charge in [-0.3, -0.25) is 28.3 Å². The highest BCUT2D eigenvalue weighted by Gasteiger charge is 2.42. The lowest BCUT2D eigenvalue weighted by Gasteiger charge is -2.26. The molecule has 0 heterocycles. The number of carbonyl (C=O) groups excluding carboxylic acids is 4. The van der Waals surface area contributed by atoms with Crippen molar-refractivity contribution in [1.29, 1.82) is 0 Å². The number of hydrogen-bond donors (Lipinski definition) is 4. The molecule has 0 spiro atoms. The molecule has 2 aromatic rings. The van der Waals surface area contributed by atoms with Crippen LogP contribution in [0.3, 0.4) is 0 Å². The molecule has 2 unspecified atom stereocenters. The molecule has 3 rings (SSSR count). The van der Waals surface area contributed by atoms with Crippen molar-refractivity contribution in [3.63, 3.8) is 0 Å². The normalized spacial score (nSPS) is 13.4. The van der Waals surface area contributed by atoms with Gasteiger partial charge in [0.2, 0.25) is 11.8 Å². The van der Waals surface area contributed by atoms with Gasteiger partial charge in [-0.1, -0.05) is 167 Å². The summed E-state index contributed by atoms with van der Waals surface area (Å²) < 4.78 is 50.6. The first-order chi connectivity index (χ1) is 34.0. The zero-order valence-corrected chi connectivity index (χ0v) is 45.6. The van der Waals surface area contributed by atoms with Gasteiger partial charge in [-0.2, -0.15) is 0 Å². The second-order valence-corrected chi connectivity index (χ2v) is 22.7. The summed E-state index contributed by atoms with van der Waals surface area (Å²) in [5.41, 5.74) is -0.103. The van der Waals surface area contributed by atoms with E-state index >= 15 is 0 Å². The zero-order valence-electron chi connectivity index (χ0n) is 43.8. The second-order valence-electron chi connectivity index (χ2n) is 18.3. The smallest absolute Gasteiger partial charge is 0.343 e. The molecule has 0 bridgehead atoms. The Hall–Kier alpha value is -3.38. The third-order valence-corrected chi connectivity index (χ3v) is 17.8. The molecule has 2 atom stereocenters. The summed E-state index contributed by atoms with van der Waals surface area (Å²) in [5.74, 6) is -1.48. The Morgan fingerprint density at radius 2 is 0.743 bits per heavy atom. The molecule has 0 radical (unpaired) electrons. The summed E-state index contributed by atoms with van der Waals surface area (Å²) in [5, 5.41) is 12.4. The summed E-state index contributed by atoms with van der Waals surface area (Å²) in [4.78, 5) is 55.9. The molecular formula is C54H90N4O10P2. The Morgan fingerprint density at radius 3 is 1.04 bits per heavy atom. The van der Waals surface area contributed by atoms with Crippen LogP contribution in [0.4, 0.5) is 11.4 Å². The van der Waals surface area contributed by atoms with Crippen molar-refractivity contribution in [3.05, 3.63) is 58.7 Å². The van der Waals surface area contributed by atoms with E-state index in [9.17, 15) is 28.3 Å². The number of anilines is 2. The number of unbranched alkanes of at least 4 members (excludes halogenated alkanes) is 18. The highest BCUT2D eigenvalue weighted by Crippen LogP contribution is 2.56. The maximum Gasteiger partial charge on any atom is 0.343 e. The fourth-order valence-electron chi connectivity index (χ4n) is 9.19. The molecule has 14 nitrogen and oxygen atoms in total. The van der Waals surface area contributed by atoms with Crippen LogP contribution in [0.2, 0.25) is 0 Å². The van der Waals surface area contributed by atoms with Crippen molar-refractivity contribution in [1.82, 2.24) is 10.6 Å². The van der Waals surface area contributed by atoms with Crippen LogP contribution in [0.15, 0.2) is 36.4 Å². The monoisotopic (exact) mass is 1020 g/mol. The molecule has 0 aliphatic heterocycles. The maximum absolute atomic E-state index is 14.2. The molecule has 0 saturated carbocycles. The first-order valence-corrected chi connectivity index (χ1v) is 30.3. The summed E-state index contributed by atoms with van der Waals surface area (Å²) in [6, 6.07) is 10.1. The van der Waals surface area contributed by atoms with Gasteiger partial charge < -0.3 is 39.4 Å². The molecule has 396 valence electrons. The SMILES string of the molecule is CCCCCCCCCCCCC(C(=O)NCCNc1ccc(NCCNC(=O)C(CCCCCCCCCCCC)P(=O)(OCC)OCC)c2c1C(=O)c1ccccc1C2=O)P(=O)(OCC)OCC. The fraction of sp³-hybridized carbons (Fsp3) is 0.704. The van der Waals surface area contributed by atoms with E-state index in [1.807, 2.05) is 0 Å². The lowest BCUT2D eigenvalue weighted by Crippen LogP contribution is -2.38. The van der Waals surface area contributed by atoms with Crippen LogP contribution in [0.25, 0.3) is 0 Å². The maximum atomic E-state index is 14.2. The Balaban J connectivity index is 1.68.